The summed E-state index contributed by atoms with van der Waals surface area (Å²) in [6, 6.07) is 0. The third kappa shape index (κ3) is 9.03. The first-order valence-electron chi connectivity index (χ1n) is 2.80. The highest BCUT2D eigenvalue weighted by Gasteiger charge is 1.96. The molecule has 0 aliphatic carbocycles. The largest absolute Gasteiger partial charge is 0.265 e. The lowest BCUT2D eigenvalue weighted by Crippen LogP contribution is -2.02. The highest BCUT2D eigenvalue weighted by Crippen LogP contribution is 1.83. The maximum Gasteiger partial charge on any atom is 0.265 e. The molecule has 0 amide bonds. The molecule has 0 fully saturated rings. The van der Waals surface area contributed by atoms with Gasteiger partial charge in [-0.15, -0.1) is 6.42 Å². The van der Waals surface area contributed by atoms with Crippen LogP contribution in [0.5, 0.6) is 0 Å². The smallest absolute Gasteiger partial charge is 0.257 e. The summed E-state index contributed by atoms with van der Waals surface area (Å²) >= 11 is 0. The Labute approximate surface area is 66.9 Å². The molecule has 0 bridgehead atoms. The van der Waals surface area contributed by atoms with Crippen LogP contribution in [0.15, 0.2) is 0 Å². The van der Waals surface area contributed by atoms with Gasteiger partial charge >= 0.3 is 0 Å². The van der Waals surface area contributed by atoms with Gasteiger partial charge in [0.05, 0.1) is 12.7 Å². The Morgan fingerprint density at radius 3 is 2.55 bits per heavy atom. The molecule has 3 nitrogen and oxygen atoms in total. The van der Waals surface area contributed by atoms with Crippen LogP contribution in [0.2, 0.25) is 0 Å². The van der Waals surface area contributed by atoms with Crippen LogP contribution >= 0.6 is 0 Å². The Balaban J connectivity index is 3.63. The van der Waals surface area contributed by atoms with Gasteiger partial charge < -0.3 is 0 Å². The van der Waals surface area contributed by atoms with Crippen LogP contribution in [0, 0.1) is 24.2 Å². The second-order valence-electron chi connectivity index (χ2n) is 1.70. The summed E-state index contributed by atoms with van der Waals surface area (Å²) < 4.78 is 25.0. The first-order chi connectivity index (χ1) is 5.06. The zero-order chi connectivity index (χ0) is 8.74. The van der Waals surface area contributed by atoms with Crippen molar-refractivity contribution in [2.75, 3.05) is 12.9 Å². The van der Waals surface area contributed by atoms with Crippen molar-refractivity contribution in [3.05, 3.63) is 0 Å². The SMILES string of the molecule is C#CCC#CCOS(C)(=O)=O. The highest BCUT2D eigenvalue weighted by atomic mass is 32.2. The van der Waals surface area contributed by atoms with Gasteiger partial charge in [0.1, 0.15) is 6.61 Å². The molecule has 0 aliphatic heterocycles. The second kappa shape index (κ2) is 4.79. The summed E-state index contributed by atoms with van der Waals surface area (Å²) in [7, 11) is -3.37. The molecule has 0 unspecified atom stereocenters. The maximum atomic E-state index is 10.3. The van der Waals surface area contributed by atoms with Crippen LogP contribution in [-0.4, -0.2) is 21.3 Å². The zero-order valence-corrected chi connectivity index (χ0v) is 6.94. The van der Waals surface area contributed by atoms with Crippen molar-refractivity contribution < 1.29 is 12.6 Å². The molecule has 0 aliphatic rings. The average Bonchev–Trinajstić information content (AvgIpc) is 1.85. The minimum absolute atomic E-state index is 0.124. The predicted octanol–water partition coefficient (Wildman–Crippen LogP) is -0.0107. The summed E-state index contributed by atoms with van der Waals surface area (Å²) in [6.07, 6.45) is 6.17. The molecular weight excluding hydrogens is 164 g/mol. The molecule has 0 aromatic heterocycles. The van der Waals surface area contributed by atoms with Crippen LogP contribution in [-0.2, 0) is 14.3 Å². The molecule has 0 N–H and O–H groups in total. The van der Waals surface area contributed by atoms with E-state index in [0.29, 0.717) is 6.42 Å². The molecule has 0 saturated carbocycles. The predicted molar refractivity (Wildman–Crippen MR) is 42.0 cm³/mol. The van der Waals surface area contributed by atoms with Gasteiger partial charge in [-0.2, -0.15) is 8.42 Å². The van der Waals surface area contributed by atoms with Crippen LogP contribution in [0.25, 0.3) is 0 Å². The van der Waals surface area contributed by atoms with E-state index in [-0.39, 0.29) is 6.61 Å². The van der Waals surface area contributed by atoms with E-state index in [4.69, 9.17) is 6.42 Å². The van der Waals surface area contributed by atoms with E-state index in [1.165, 1.54) is 0 Å². The van der Waals surface area contributed by atoms with Gasteiger partial charge in [-0.3, -0.25) is 4.18 Å². The van der Waals surface area contributed by atoms with E-state index in [9.17, 15) is 8.42 Å². The first kappa shape index (κ1) is 10.0. The maximum absolute atomic E-state index is 10.3. The van der Waals surface area contributed by atoms with Crippen molar-refractivity contribution in [3.63, 3.8) is 0 Å². The fraction of sp³-hybridized carbons (Fsp3) is 0.429. The topological polar surface area (TPSA) is 43.4 Å². The summed E-state index contributed by atoms with van der Waals surface area (Å²) in [6.45, 7) is -0.124. The molecule has 0 spiro atoms. The van der Waals surface area contributed by atoms with E-state index in [1.807, 2.05) is 0 Å². The number of hydrogen-bond donors (Lipinski definition) is 0. The third-order valence-electron chi connectivity index (χ3n) is 0.661. The van der Waals surface area contributed by atoms with Crippen LogP contribution < -0.4 is 0 Å². The Bertz CT molecular complexity index is 297. The lowest BCUT2D eigenvalue weighted by Gasteiger charge is -1.91. The van der Waals surface area contributed by atoms with E-state index < -0.39 is 10.1 Å². The summed E-state index contributed by atoms with van der Waals surface area (Å²) in [5, 5.41) is 0. The molecule has 0 radical (unpaired) electrons. The molecule has 4 heteroatoms. The van der Waals surface area contributed by atoms with Gasteiger partial charge in [-0.1, -0.05) is 17.8 Å². The molecule has 0 aromatic carbocycles. The van der Waals surface area contributed by atoms with E-state index in [2.05, 4.69) is 21.9 Å². The monoisotopic (exact) mass is 172 g/mol. The van der Waals surface area contributed by atoms with Crippen molar-refractivity contribution >= 4 is 10.1 Å². The van der Waals surface area contributed by atoms with E-state index >= 15 is 0 Å². The molecule has 0 aromatic rings. The van der Waals surface area contributed by atoms with Crippen LogP contribution in [0.4, 0.5) is 0 Å². The lowest BCUT2D eigenvalue weighted by molar-refractivity contribution is 0.368. The highest BCUT2D eigenvalue weighted by molar-refractivity contribution is 7.85. The Kier molecular flexibility index (Phi) is 4.36. The molecule has 0 rings (SSSR count). The average molecular weight is 172 g/mol. The Morgan fingerprint density at radius 2 is 2.09 bits per heavy atom. The zero-order valence-electron chi connectivity index (χ0n) is 6.12. The Hall–Kier alpha value is -0.970. The van der Waals surface area contributed by atoms with Gasteiger partial charge in [0.25, 0.3) is 10.1 Å². The quantitative estimate of drug-likeness (QED) is 0.434. The van der Waals surface area contributed by atoms with Crippen molar-refractivity contribution in [2.24, 2.45) is 0 Å². The second-order valence-corrected chi connectivity index (χ2v) is 3.34. The van der Waals surface area contributed by atoms with E-state index in [0.717, 1.165) is 6.26 Å². The van der Waals surface area contributed by atoms with Gasteiger partial charge in [0.15, 0.2) is 0 Å². The van der Waals surface area contributed by atoms with Gasteiger partial charge in [-0.25, -0.2) is 0 Å². The summed E-state index contributed by atoms with van der Waals surface area (Å²) in [5.74, 6) is 7.27. The molecule has 0 saturated heterocycles. The fourth-order valence-corrected chi connectivity index (χ4v) is 0.574. The van der Waals surface area contributed by atoms with Crippen molar-refractivity contribution in [1.82, 2.24) is 0 Å². The van der Waals surface area contributed by atoms with Gasteiger partial charge in [0, 0.05) is 0 Å². The summed E-state index contributed by atoms with van der Waals surface area (Å²) in [4.78, 5) is 0. The summed E-state index contributed by atoms with van der Waals surface area (Å²) in [5.41, 5.74) is 0. The van der Waals surface area contributed by atoms with E-state index in [1.54, 1.807) is 0 Å². The number of terminal acetylenes is 1. The van der Waals surface area contributed by atoms with Crippen molar-refractivity contribution in [3.8, 4) is 24.2 Å². The lowest BCUT2D eigenvalue weighted by atomic mass is 10.4. The Morgan fingerprint density at radius 1 is 1.45 bits per heavy atom. The third-order valence-corrected chi connectivity index (χ3v) is 1.21. The van der Waals surface area contributed by atoms with Gasteiger partial charge in [-0.05, 0) is 0 Å². The minimum atomic E-state index is -3.37. The molecule has 11 heavy (non-hydrogen) atoms. The first-order valence-corrected chi connectivity index (χ1v) is 4.61. The normalized spacial score (nSPS) is 9.45. The van der Waals surface area contributed by atoms with Crippen LogP contribution in [0.3, 0.4) is 0 Å². The van der Waals surface area contributed by atoms with Crippen LogP contribution in [0.1, 0.15) is 6.42 Å². The van der Waals surface area contributed by atoms with Crippen molar-refractivity contribution in [1.29, 1.82) is 0 Å². The van der Waals surface area contributed by atoms with Crippen molar-refractivity contribution in [2.45, 2.75) is 6.42 Å². The molecule has 0 atom stereocenters. The molecule has 60 valence electrons. The molecule has 0 heterocycles. The number of hydrogen-bond acceptors (Lipinski definition) is 3. The van der Waals surface area contributed by atoms with Gasteiger partial charge in [0.2, 0.25) is 0 Å². The minimum Gasteiger partial charge on any atom is -0.257 e. The fourth-order valence-electron chi connectivity index (χ4n) is 0.301. The number of rotatable bonds is 2. The molecular formula is C7H8O3S. The standard InChI is InChI=1S/C7H8O3S/c1-3-4-5-6-7-10-11(2,8)9/h1H,4,7H2,2H3.